The smallest absolute Gasteiger partial charge is 0.271 e. The lowest BCUT2D eigenvalue weighted by Gasteiger charge is -2.09. The lowest BCUT2D eigenvalue weighted by molar-refractivity contribution is 0.0959. The number of hydrogen-bond donors (Lipinski definition) is 2. The van der Waals surface area contributed by atoms with E-state index in [0.717, 1.165) is 21.7 Å². The van der Waals surface area contributed by atoms with E-state index in [-0.39, 0.29) is 5.91 Å². The highest BCUT2D eigenvalue weighted by Gasteiger charge is 2.14. The van der Waals surface area contributed by atoms with Crippen LogP contribution in [0.15, 0.2) is 77.4 Å². The second kappa shape index (κ2) is 7.43. The summed E-state index contributed by atoms with van der Waals surface area (Å²) in [6.07, 6.45) is 1.47. The molecule has 0 bridgehead atoms. The number of imidazole rings is 1. The van der Waals surface area contributed by atoms with Crippen LogP contribution in [0.4, 0.5) is 5.82 Å². The normalized spacial score (nSPS) is 11.5. The Hall–Kier alpha value is -3.45. The van der Waals surface area contributed by atoms with E-state index in [2.05, 4.69) is 42.4 Å². The molecule has 27 heavy (non-hydrogen) atoms. The van der Waals surface area contributed by atoms with Gasteiger partial charge in [-0.2, -0.15) is 4.99 Å². The Balaban J connectivity index is 1.94. The quantitative estimate of drug-likeness (QED) is 0.573. The lowest BCUT2D eigenvalue weighted by atomic mass is 10.1. The summed E-state index contributed by atoms with van der Waals surface area (Å²) in [6, 6.07) is 20.2. The molecule has 0 spiro atoms. The van der Waals surface area contributed by atoms with Crippen molar-refractivity contribution in [2.75, 3.05) is 7.05 Å². The van der Waals surface area contributed by atoms with Gasteiger partial charge in [0, 0.05) is 18.1 Å². The van der Waals surface area contributed by atoms with Crippen molar-refractivity contribution in [2.45, 2.75) is 0 Å². The summed E-state index contributed by atoms with van der Waals surface area (Å²) in [5.41, 5.74) is 3.45. The van der Waals surface area contributed by atoms with Gasteiger partial charge < -0.3 is 10.3 Å². The first-order valence-electron chi connectivity index (χ1n) is 8.39. The highest BCUT2D eigenvalue weighted by atomic mass is 32.1. The minimum atomic E-state index is -0.252. The number of aromatic nitrogens is 3. The van der Waals surface area contributed by atoms with Crippen LogP contribution in [0.25, 0.3) is 16.9 Å². The summed E-state index contributed by atoms with van der Waals surface area (Å²) in [5.74, 6) is 0.109. The minimum absolute atomic E-state index is 0.252. The first-order valence-corrected chi connectivity index (χ1v) is 9.27. The summed E-state index contributed by atoms with van der Waals surface area (Å²) in [6.45, 7) is 0. The zero-order valence-corrected chi connectivity index (χ0v) is 15.4. The van der Waals surface area contributed by atoms with Crippen molar-refractivity contribution in [2.24, 2.45) is 4.99 Å². The molecule has 1 amide bonds. The minimum Gasteiger partial charge on any atom is -0.354 e. The number of carbonyl (C=O) groups is 1. The molecule has 0 fully saturated rings. The van der Waals surface area contributed by atoms with Crippen molar-refractivity contribution >= 4 is 23.1 Å². The van der Waals surface area contributed by atoms with Crippen molar-refractivity contribution < 1.29 is 4.79 Å². The van der Waals surface area contributed by atoms with Gasteiger partial charge in [-0.1, -0.05) is 48.5 Å². The van der Waals surface area contributed by atoms with E-state index < -0.39 is 0 Å². The molecular weight excluding hydrogens is 358 g/mol. The van der Waals surface area contributed by atoms with Crippen LogP contribution in [0, 0.1) is 0 Å². The maximum Gasteiger partial charge on any atom is 0.271 e. The molecule has 0 aliphatic heterocycles. The Bertz CT molecular complexity index is 1130. The Morgan fingerprint density at radius 2 is 1.81 bits per heavy atom. The number of nitrogens with zero attached hydrogens (tertiary/aromatic N) is 3. The number of hydrogen-bond acceptors (Lipinski definition) is 4. The molecule has 2 aromatic heterocycles. The number of carbonyl (C=O) groups excluding carboxylic acids is 1. The number of rotatable bonds is 4. The van der Waals surface area contributed by atoms with Crippen LogP contribution in [-0.2, 0) is 0 Å². The maximum atomic E-state index is 12.0. The summed E-state index contributed by atoms with van der Waals surface area (Å²) in [4.78, 5) is 24.5. The average molecular weight is 375 g/mol. The van der Waals surface area contributed by atoms with Crippen LogP contribution < -0.4 is 10.1 Å². The summed E-state index contributed by atoms with van der Waals surface area (Å²) < 4.78 is 2.07. The third-order valence-electron chi connectivity index (χ3n) is 4.07. The van der Waals surface area contributed by atoms with Gasteiger partial charge in [-0.05, 0) is 17.7 Å². The molecule has 7 heteroatoms. The molecular formula is C20H17N5OS. The fourth-order valence-electron chi connectivity index (χ4n) is 2.78. The van der Waals surface area contributed by atoms with Crippen LogP contribution in [-0.4, -0.2) is 27.5 Å². The number of amides is 1. The van der Waals surface area contributed by atoms with Gasteiger partial charge in [0.15, 0.2) is 16.3 Å². The van der Waals surface area contributed by atoms with Gasteiger partial charge in [-0.25, -0.2) is 4.98 Å². The largest absolute Gasteiger partial charge is 0.354 e. The van der Waals surface area contributed by atoms with E-state index in [1.807, 2.05) is 48.5 Å². The fraction of sp³-hybridized carbons (Fsp3) is 0.0500. The predicted octanol–water partition coefficient (Wildman–Crippen LogP) is 3.52. The fourth-order valence-corrected chi connectivity index (χ4v) is 3.69. The van der Waals surface area contributed by atoms with Crippen molar-refractivity contribution in [3.05, 3.63) is 82.9 Å². The van der Waals surface area contributed by atoms with E-state index in [4.69, 9.17) is 0 Å². The van der Waals surface area contributed by atoms with E-state index in [1.165, 1.54) is 17.7 Å². The molecule has 0 radical (unpaired) electrons. The molecule has 2 aromatic carbocycles. The Morgan fingerprint density at radius 1 is 1.11 bits per heavy atom. The van der Waals surface area contributed by atoms with Gasteiger partial charge in [0.1, 0.15) is 0 Å². The highest BCUT2D eigenvalue weighted by molar-refractivity contribution is 7.07. The summed E-state index contributed by atoms with van der Waals surface area (Å²) in [7, 11) is 1.58. The van der Waals surface area contributed by atoms with Gasteiger partial charge in [0.25, 0.3) is 5.91 Å². The van der Waals surface area contributed by atoms with Crippen LogP contribution in [0.1, 0.15) is 10.5 Å². The lowest BCUT2D eigenvalue weighted by Crippen LogP contribution is -2.19. The van der Waals surface area contributed by atoms with Crippen LogP contribution in [0.5, 0.6) is 0 Å². The Kier molecular flexibility index (Phi) is 4.67. The maximum absolute atomic E-state index is 12.0. The molecule has 4 rings (SSSR count). The van der Waals surface area contributed by atoms with Crippen LogP contribution in [0.3, 0.4) is 0 Å². The number of H-pyrrole nitrogens is 1. The number of benzene rings is 2. The van der Waals surface area contributed by atoms with Gasteiger partial charge >= 0.3 is 0 Å². The van der Waals surface area contributed by atoms with E-state index >= 15 is 0 Å². The van der Waals surface area contributed by atoms with Crippen LogP contribution >= 0.6 is 11.3 Å². The van der Waals surface area contributed by atoms with Crippen molar-refractivity contribution in [1.82, 2.24) is 19.9 Å². The number of thiazole rings is 1. The molecule has 0 atom stereocenters. The molecule has 0 saturated carbocycles. The van der Waals surface area contributed by atoms with Crippen molar-refractivity contribution in [1.29, 1.82) is 0 Å². The predicted molar refractivity (Wildman–Crippen MR) is 106 cm³/mol. The van der Waals surface area contributed by atoms with Gasteiger partial charge in [0.05, 0.1) is 12.0 Å². The van der Waals surface area contributed by atoms with Gasteiger partial charge in [0.2, 0.25) is 0 Å². The first kappa shape index (κ1) is 17.0. The van der Waals surface area contributed by atoms with E-state index in [0.29, 0.717) is 11.5 Å². The van der Waals surface area contributed by atoms with Crippen LogP contribution in [0.2, 0.25) is 0 Å². The first-order chi connectivity index (χ1) is 13.3. The SMILES string of the molecule is CNC(=O)c1[nH]cnc1N=c1scc(-c2ccccc2)n1-c1ccccc1. The second-order valence-corrected chi connectivity index (χ2v) is 6.57. The monoisotopic (exact) mass is 375 g/mol. The number of nitrogens with one attached hydrogen (secondary N) is 2. The molecule has 2 heterocycles. The zero-order chi connectivity index (χ0) is 18.6. The van der Waals surface area contributed by atoms with Gasteiger partial charge in [-0.15, -0.1) is 11.3 Å². The van der Waals surface area contributed by atoms with Crippen molar-refractivity contribution in [3.8, 4) is 16.9 Å². The third-order valence-corrected chi connectivity index (χ3v) is 4.89. The topological polar surface area (TPSA) is 75.1 Å². The summed E-state index contributed by atoms with van der Waals surface area (Å²) >= 11 is 1.50. The third kappa shape index (κ3) is 3.32. The standard InChI is InChI=1S/C20H17N5OS/c1-21-19(26)17-18(23-13-22-17)24-20-25(15-10-6-3-7-11-15)16(12-27-20)14-8-4-2-5-9-14/h2-13H,1H3,(H,21,26)(H,22,23). The van der Waals surface area contributed by atoms with E-state index in [1.54, 1.807) is 7.05 Å². The van der Waals surface area contributed by atoms with Gasteiger partial charge in [-0.3, -0.25) is 9.36 Å². The number of aromatic amines is 1. The molecule has 0 saturated heterocycles. The molecule has 2 N–H and O–H groups in total. The van der Waals surface area contributed by atoms with E-state index in [9.17, 15) is 4.79 Å². The molecule has 0 aliphatic carbocycles. The number of para-hydroxylation sites is 1. The molecule has 0 unspecified atom stereocenters. The molecule has 4 aromatic rings. The zero-order valence-electron chi connectivity index (χ0n) is 14.6. The molecule has 6 nitrogen and oxygen atoms in total. The Labute approximate surface area is 159 Å². The highest BCUT2D eigenvalue weighted by Crippen LogP contribution is 2.24. The average Bonchev–Trinajstić information content (AvgIpc) is 3.36. The molecule has 134 valence electrons. The summed E-state index contributed by atoms with van der Waals surface area (Å²) in [5, 5.41) is 4.66. The molecule has 0 aliphatic rings. The Morgan fingerprint density at radius 3 is 2.52 bits per heavy atom. The van der Waals surface area contributed by atoms with Crippen molar-refractivity contribution in [3.63, 3.8) is 0 Å². The second-order valence-electron chi connectivity index (χ2n) is 5.73.